The molecule has 0 aromatic carbocycles. The van der Waals surface area contributed by atoms with E-state index in [-0.39, 0.29) is 31.5 Å². The maximum atomic E-state index is 13.4. The van der Waals surface area contributed by atoms with Gasteiger partial charge in [0.2, 0.25) is 5.91 Å². The fraction of sp³-hybridized carbons (Fsp3) is 0.808. The van der Waals surface area contributed by atoms with E-state index < -0.39 is 20.0 Å². The molecule has 0 aliphatic carbocycles. The van der Waals surface area contributed by atoms with Crippen molar-refractivity contribution in [3.63, 3.8) is 0 Å². The predicted molar refractivity (Wildman–Crippen MR) is 263 cm³/mol. The summed E-state index contributed by atoms with van der Waals surface area (Å²) in [4.78, 5) is 37.3. The summed E-state index contributed by atoms with van der Waals surface area (Å²) < 4.78 is 30.4. The average Bonchev–Trinajstić information content (AvgIpc) is 3.22. The Kier molecular flexibility index (Phi) is 41.5. The number of unbranched alkanes of at least 4 members (excludes halogenated alkanes) is 25. The van der Waals surface area contributed by atoms with Crippen molar-refractivity contribution in [3.05, 3.63) is 48.6 Å². The second-order valence-corrected chi connectivity index (χ2v) is 19.8. The number of amides is 1. The number of likely N-dealkylation sites (N-methyl/N-ethyl adjacent to an activating group) is 1. The monoisotopic (exact) mass is 894 g/mol. The highest BCUT2D eigenvalue weighted by molar-refractivity contribution is 7.47. The molecule has 10 heteroatoms. The van der Waals surface area contributed by atoms with E-state index >= 15 is 0 Å². The molecule has 3 unspecified atom stereocenters. The minimum atomic E-state index is -4.44. The summed E-state index contributed by atoms with van der Waals surface area (Å²) in [6, 6.07) is -0.853. The molecule has 0 saturated carbocycles. The fourth-order valence-corrected chi connectivity index (χ4v) is 7.85. The summed E-state index contributed by atoms with van der Waals surface area (Å²) in [6.07, 6.45) is 49.6. The molecule has 0 heterocycles. The Morgan fingerprint density at radius 3 is 1.53 bits per heavy atom. The van der Waals surface area contributed by atoms with Crippen molar-refractivity contribution in [1.82, 2.24) is 5.32 Å². The number of quaternary nitrogens is 1. The van der Waals surface area contributed by atoms with Crippen molar-refractivity contribution in [2.75, 3.05) is 40.9 Å². The van der Waals surface area contributed by atoms with Crippen molar-refractivity contribution in [3.8, 4) is 0 Å². The standard InChI is InChI=1S/C52H97N2O7P/c1-7-10-13-16-19-22-25-27-30-32-35-38-41-44-51(55)53-49(48-60-62(57,58)59-47-46-54(4,5)6)50(43-40-37-34-31-29-26-23-20-17-14-11-8-2)61-52(56)45-42-39-36-33-28-24-21-18-15-12-9-3/h10,13,16,19,22,25,40,43,49-50H,7-9,11-12,14-15,17-18,20-21,23-24,26-39,41-42,44-48H2,1-6H3,(H-,53,55,57,58)/p+1/b13-10+,19-16+,25-22-,43-40+. The molecular weight excluding hydrogens is 796 g/mol. The van der Waals surface area contributed by atoms with E-state index in [1.807, 2.05) is 39.4 Å². The third-order valence-corrected chi connectivity index (χ3v) is 12.1. The molecule has 0 spiro atoms. The van der Waals surface area contributed by atoms with Crippen LogP contribution in [0.1, 0.15) is 220 Å². The topological polar surface area (TPSA) is 111 Å². The molecule has 0 rings (SSSR count). The average molecular weight is 894 g/mol. The van der Waals surface area contributed by atoms with Crippen LogP contribution in [0.2, 0.25) is 0 Å². The first kappa shape index (κ1) is 60.0. The zero-order chi connectivity index (χ0) is 45.8. The first-order valence-corrected chi connectivity index (χ1v) is 27.0. The smallest absolute Gasteiger partial charge is 0.456 e. The van der Waals surface area contributed by atoms with Gasteiger partial charge in [0.25, 0.3) is 0 Å². The van der Waals surface area contributed by atoms with Crippen LogP contribution in [0, 0.1) is 0 Å². The van der Waals surface area contributed by atoms with Crippen LogP contribution in [0.4, 0.5) is 0 Å². The maximum absolute atomic E-state index is 13.4. The molecule has 0 aliphatic heterocycles. The van der Waals surface area contributed by atoms with E-state index in [1.54, 1.807) is 0 Å². The molecule has 62 heavy (non-hydrogen) atoms. The number of hydrogen-bond donors (Lipinski definition) is 2. The quantitative estimate of drug-likeness (QED) is 0.0156. The van der Waals surface area contributed by atoms with Crippen LogP contribution in [-0.4, -0.2) is 74.3 Å². The molecule has 0 radical (unpaired) electrons. The highest BCUT2D eigenvalue weighted by atomic mass is 31.2. The van der Waals surface area contributed by atoms with E-state index in [4.69, 9.17) is 13.8 Å². The zero-order valence-electron chi connectivity index (χ0n) is 41.1. The molecule has 362 valence electrons. The number of ether oxygens (including phenoxy) is 1. The summed E-state index contributed by atoms with van der Waals surface area (Å²) in [7, 11) is 1.48. The number of nitrogens with zero attached hydrogens (tertiary/aromatic N) is 1. The summed E-state index contributed by atoms with van der Waals surface area (Å²) in [5.41, 5.74) is 0. The van der Waals surface area contributed by atoms with Crippen LogP contribution in [0.3, 0.4) is 0 Å². The van der Waals surface area contributed by atoms with Crippen molar-refractivity contribution in [2.45, 2.75) is 232 Å². The lowest BCUT2D eigenvalue weighted by molar-refractivity contribution is -0.870. The van der Waals surface area contributed by atoms with Crippen molar-refractivity contribution >= 4 is 19.7 Å². The van der Waals surface area contributed by atoms with Crippen LogP contribution in [-0.2, 0) is 27.9 Å². The van der Waals surface area contributed by atoms with Gasteiger partial charge in [-0.3, -0.25) is 18.6 Å². The molecule has 0 fully saturated rings. The highest BCUT2D eigenvalue weighted by Crippen LogP contribution is 2.43. The van der Waals surface area contributed by atoms with Gasteiger partial charge in [-0.15, -0.1) is 0 Å². The number of phosphoric acid groups is 1. The Bertz CT molecular complexity index is 1210. The summed E-state index contributed by atoms with van der Waals surface area (Å²) >= 11 is 0. The van der Waals surface area contributed by atoms with Crippen molar-refractivity contribution in [1.29, 1.82) is 0 Å². The number of carbonyl (C=O) groups is 2. The molecule has 0 saturated heterocycles. The Morgan fingerprint density at radius 2 is 1.03 bits per heavy atom. The SMILES string of the molecule is CC/C=C/C=C/C=C\CCCCCCCC(=O)NC(COP(=O)(O)OCC[N+](C)(C)C)C(/C=C/CCCCCCCCCCCC)OC(=O)CCCCCCCCCCCCC. The second kappa shape index (κ2) is 42.9. The van der Waals surface area contributed by atoms with E-state index in [2.05, 4.69) is 56.5 Å². The Morgan fingerprint density at radius 1 is 0.581 bits per heavy atom. The summed E-state index contributed by atoms with van der Waals surface area (Å²) in [5.74, 6) is -0.530. The molecular formula is C52H98N2O7P+. The zero-order valence-corrected chi connectivity index (χ0v) is 42.0. The van der Waals surface area contributed by atoms with E-state index in [0.717, 1.165) is 83.5 Å². The highest BCUT2D eigenvalue weighted by Gasteiger charge is 2.30. The van der Waals surface area contributed by atoms with Crippen LogP contribution in [0.5, 0.6) is 0 Å². The normalized spacial score (nSPS) is 14.4. The predicted octanol–water partition coefficient (Wildman–Crippen LogP) is 14.6. The van der Waals surface area contributed by atoms with Crippen LogP contribution in [0.15, 0.2) is 48.6 Å². The van der Waals surface area contributed by atoms with Gasteiger partial charge in [0.15, 0.2) is 0 Å². The molecule has 0 aliphatic rings. The van der Waals surface area contributed by atoms with Gasteiger partial charge in [-0.05, 0) is 51.0 Å². The van der Waals surface area contributed by atoms with Crippen LogP contribution >= 0.6 is 7.82 Å². The molecule has 1 amide bonds. The molecule has 0 aromatic heterocycles. The lowest BCUT2D eigenvalue weighted by atomic mass is 10.0. The first-order chi connectivity index (χ1) is 29.9. The molecule has 0 bridgehead atoms. The van der Waals surface area contributed by atoms with Crippen molar-refractivity contribution < 1.29 is 37.3 Å². The third kappa shape index (κ3) is 43.2. The van der Waals surface area contributed by atoms with Gasteiger partial charge in [0.05, 0.1) is 33.8 Å². The first-order valence-electron chi connectivity index (χ1n) is 25.5. The van der Waals surface area contributed by atoms with Gasteiger partial charge in [-0.2, -0.15) is 0 Å². The lowest BCUT2D eigenvalue weighted by Crippen LogP contribution is -2.47. The summed E-state index contributed by atoms with van der Waals surface area (Å²) in [6.45, 7) is 6.84. The maximum Gasteiger partial charge on any atom is 0.472 e. The minimum absolute atomic E-state index is 0.0361. The van der Waals surface area contributed by atoms with Gasteiger partial charge < -0.3 is 19.4 Å². The van der Waals surface area contributed by atoms with Gasteiger partial charge >= 0.3 is 13.8 Å². The number of carbonyl (C=O) groups excluding carboxylic acids is 2. The van der Waals surface area contributed by atoms with E-state index in [0.29, 0.717) is 17.4 Å². The number of phosphoric ester groups is 1. The number of allylic oxidation sites excluding steroid dienone is 7. The number of nitrogens with one attached hydrogen (secondary N) is 1. The van der Waals surface area contributed by atoms with Gasteiger partial charge in [-0.1, -0.05) is 205 Å². The van der Waals surface area contributed by atoms with Gasteiger partial charge in [0.1, 0.15) is 19.3 Å². The molecule has 3 atom stereocenters. The van der Waals surface area contributed by atoms with Gasteiger partial charge in [0, 0.05) is 12.8 Å². The molecule has 9 nitrogen and oxygen atoms in total. The Hall–Kier alpha value is -2.03. The fourth-order valence-electron chi connectivity index (χ4n) is 7.11. The second-order valence-electron chi connectivity index (χ2n) is 18.4. The Balaban J connectivity index is 5.48. The number of hydrogen-bond acceptors (Lipinski definition) is 6. The van der Waals surface area contributed by atoms with E-state index in [1.165, 1.54) is 103 Å². The third-order valence-electron chi connectivity index (χ3n) is 11.1. The van der Waals surface area contributed by atoms with Crippen LogP contribution in [0.25, 0.3) is 0 Å². The van der Waals surface area contributed by atoms with E-state index in [9.17, 15) is 19.0 Å². The Labute approximate surface area is 382 Å². The number of esters is 1. The molecule has 0 aromatic rings. The summed E-state index contributed by atoms with van der Waals surface area (Å²) in [5, 5.41) is 3.02. The van der Waals surface area contributed by atoms with Gasteiger partial charge in [-0.25, -0.2) is 4.57 Å². The molecule has 2 N–H and O–H groups in total. The minimum Gasteiger partial charge on any atom is -0.456 e. The largest absolute Gasteiger partial charge is 0.472 e. The van der Waals surface area contributed by atoms with Crippen LogP contribution < -0.4 is 5.32 Å². The van der Waals surface area contributed by atoms with Crippen molar-refractivity contribution in [2.24, 2.45) is 0 Å². The lowest BCUT2D eigenvalue weighted by Gasteiger charge is -2.27. The number of rotatable bonds is 45.